The molecule has 8 nitrogen and oxygen atoms in total. The van der Waals surface area contributed by atoms with Crippen LogP contribution in [0.25, 0.3) is 0 Å². The Morgan fingerprint density at radius 1 is 1.19 bits per heavy atom. The number of anilines is 1. The van der Waals surface area contributed by atoms with E-state index in [2.05, 4.69) is 10.6 Å². The van der Waals surface area contributed by atoms with Gasteiger partial charge in [-0.05, 0) is 49.1 Å². The first-order valence-electron chi connectivity index (χ1n) is 10.2. The van der Waals surface area contributed by atoms with Gasteiger partial charge < -0.3 is 15.4 Å². The predicted molar refractivity (Wildman–Crippen MR) is 115 cm³/mol. The van der Waals surface area contributed by atoms with Crippen molar-refractivity contribution in [2.75, 3.05) is 25.0 Å². The van der Waals surface area contributed by atoms with Crippen LogP contribution >= 0.6 is 0 Å². The molecule has 0 unspecified atom stereocenters. The zero-order valence-electron chi connectivity index (χ0n) is 17.3. The first-order valence-corrected chi connectivity index (χ1v) is 11.7. The van der Waals surface area contributed by atoms with Gasteiger partial charge in [-0.3, -0.25) is 9.59 Å². The summed E-state index contributed by atoms with van der Waals surface area (Å²) in [6.07, 6.45) is 0.924. The summed E-state index contributed by atoms with van der Waals surface area (Å²) in [5.41, 5.74) is 2.54. The minimum Gasteiger partial charge on any atom is -0.482 e. The second-order valence-corrected chi connectivity index (χ2v) is 9.76. The molecular formula is C22H25N3O5S. The molecule has 9 heteroatoms. The van der Waals surface area contributed by atoms with Crippen molar-refractivity contribution in [1.82, 2.24) is 9.62 Å². The minimum atomic E-state index is -3.73. The number of rotatable bonds is 5. The normalized spacial score (nSPS) is 17.4. The number of fused-ring (bicyclic) bond motifs is 1. The van der Waals surface area contributed by atoms with Gasteiger partial charge in [0.2, 0.25) is 15.9 Å². The Bertz CT molecular complexity index is 1110. The van der Waals surface area contributed by atoms with E-state index in [9.17, 15) is 18.0 Å². The van der Waals surface area contributed by atoms with Crippen molar-refractivity contribution in [3.8, 4) is 5.75 Å². The summed E-state index contributed by atoms with van der Waals surface area (Å²) in [5, 5.41) is 5.60. The molecule has 0 radical (unpaired) electrons. The summed E-state index contributed by atoms with van der Waals surface area (Å²) < 4.78 is 32.8. The highest BCUT2D eigenvalue weighted by molar-refractivity contribution is 7.89. The zero-order valence-corrected chi connectivity index (χ0v) is 18.1. The first-order chi connectivity index (χ1) is 14.8. The summed E-state index contributed by atoms with van der Waals surface area (Å²) in [4.78, 5) is 24.2. The summed E-state index contributed by atoms with van der Waals surface area (Å²) in [5.74, 6) is -0.136. The van der Waals surface area contributed by atoms with Crippen LogP contribution in [0.4, 0.5) is 5.69 Å². The number of sulfonamides is 1. The van der Waals surface area contributed by atoms with Crippen molar-refractivity contribution in [2.24, 2.45) is 5.92 Å². The smallest absolute Gasteiger partial charge is 0.262 e. The number of ether oxygens (including phenoxy) is 1. The SMILES string of the molecule is Cc1ccccc1CNC(=O)C1CCN(S(=O)(=O)c2ccc3c(c2)NC(=O)CO3)CC1. The van der Waals surface area contributed by atoms with Crippen LogP contribution in [0.15, 0.2) is 47.4 Å². The lowest BCUT2D eigenvalue weighted by Crippen LogP contribution is -2.42. The van der Waals surface area contributed by atoms with Crippen LogP contribution in [0, 0.1) is 12.8 Å². The Kier molecular flexibility index (Phi) is 5.97. The Hall–Kier alpha value is -2.91. The largest absolute Gasteiger partial charge is 0.482 e. The molecule has 2 aliphatic heterocycles. The van der Waals surface area contributed by atoms with Gasteiger partial charge in [0.25, 0.3) is 5.91 Å². The van der Waals surface area contributed by atoms with E-state index >= 15 is 0 Å². The number of aryl methyl sites for hydroxylation is 1. The van der Waals surface area contributed by atoms with Gasteiger partial charge in [0.05, 0.1) is 10.6 Å². The van der Waals surface area contributed by atoms with E-state index in [1.54, 1.807) is 6.07 Å². The average Bonchev–Trinajstić information content (AvgIpc) is 2.78. The van der Waals surface area contributed by atoms with Crippen molar-refractivity contribution in [2.45, 2.75) is 31.2 Å². The van der Waals surface area contributed by atoms with Crippen molar-refractivity contribution in [3.05, 3.63) is 53.6 Å². The van der Waals surface area contributed by atoms with Crippen molar-refractivity contribution in [1.29, 1.82) is 0 Å². The van der Waals surface area contributed by atoms with E-state index in [4.69, 9.17) is 4.74 Å². The Balaban J connectivity index is 1.37. The summed E-state index contributed by atoms with van der Waals surface area (Å²) >= 11 is 0. The van der Waals surface area contributed by atoms with Crippen LogP contribution in [0.2, 0.25) is 0 Å². The fourth-order valence-corrected chi connectivity index (χ4v) is 5.36. The molecule has 1 fully saturated rings. The lowest BCUT2D eigenvalue weighted by molar-refractivity contribution is -0.126. The molecule has 1 saturated heterocycles. The Morgan fingerprint density at radius 2 is 1.94 bits per heavy atom. The molecule has 0 saturated carbocycles. The van der Waals surface area contributed by atoms with Gasteiger partial charge in [-0.15, -0.1) is 0 Å². The number of piperidine rings is 1. The van der Waals surface area contributed by atoms with Crippen LogP contribution in [-0.4, -0.2) is 44.2 Å². The van der Waals surface area contributed by atoms with E-state index < -0.39 is 10.0 Å². The van der Waals surface area contributed by atoms with Crippen molar-refractivity contribution < 1.29 is 22.7 Å². The molecule has 2 heterocycles. The molecule has 2 N–H and O–H groups in total. The van der Waals surface area contributed by atoms with Gasteiger partial charge in [0, 0.05) is 25.6 Å². The van der Waals surface area contributed by atoms with Crippen LogP contribution in [-0.2, 0) is 26.2 Å². The van der Waals surface area contributed by atoms with Crippen molar-refractivity contribution >= 4 is 27.5 Å². The summed E-state index contributed by atoms with van der Waals surface area (Å²) in [6, 6.07) is 12.3. The number of nitrogens with one attached hydrogen (secondary N) is 2. The molecule has 0 atom stereocenters. The molecular weight excluding hydrogens is 418 g/mol. The zero-order chi connectivity index (χ0) is 22.0. The number of hydrogen-bond acceptors (Lipinski definition) is 5. The molecule has 31 heavy (non-hydrogen) atoms. The second kappa shape index (κ2) is 8.68. The van der Waals surface area contributed by atoms with Gasteiger partial charge in [-0.25, -0.2) is 8.42 Å². The molecule has 2 aromatic rings. The highest BCUT2D eigenvalue weighted by atomic mass is 32.2. The molecule has 0 aliphatic carbocycles. The average molecular weight is 444 g/mol. The maximum absolute atomic E-state index is 13.1. The second-order valence-electron chi connectivity index (χ2n) is 7.82. The number of nitrogens with zero attached hydrogens (tertiary/aromatic N) is 1. The Morgan fingerprint density at radius 3 is 2.68 bits per heavy atom. The topological polar surface area (TPSA) is 105 Å². The molecule has 2 aromatic carbocycles. The maximum atomic E-state index is 13.1. The third-order valence-corrected chi connectivity index (χ3v) is 7.66. The van der Waals surface area contributed by atoms with Crippen LogP contribution < -0.4 is 15.4 Å². The van der Waals surface area contributed by atoms with Gasteiger partial charge in [-0.1, -0.05) is 24.3 Å². The predicted octanol–water partition coefficient (Wildman–Crippen LogP) is 2.04. The number of carbonyl (C=O) groups excluding carboxylic acids is 2. The van der Waals surface area contributed by atoms with Gasteiger partial charge >= 0.3 is 0 Å². The summed E-state index contributed by atoms with van der Waals surface area (Å²) in [6.45, 7) is 2.92. The Labute approximate surface area is 181 Å². The van der Waals surface area contributed by atoms with Crippen LogP contribution in [0.1, 0.15) is 24.0 Å². The quantitative estimate of drug-likeness (QED) is 0.736. The standard InChI is InChI=1S/C22H25N3O5S/c1-15-4-2-3-5-17(15)13-23-22(27)16-8-10-25(11-9-16)31(28,29)18-6-7-20-19(12-18)24-21(26)14-30-20/h2-7,12,16H,8-11,13-14H2,1H3,(H,23,27)(H,24,26). The van der Waals surface area contributed by atoms with E-state index in [0.717, 1.165) is 11.1 Å². The lowest BCUT2D eigenvalue weighted by Gasteiger charge is -2.31. The third-order valence-electron chi connectivity index (χ3n) is 5.76. The van der Waals surface area contributed by atoms with E-state index in [1.165, 1.54) is 16.4 Å². The molecule has 2 amide bonds. The van der Waals surface area contributed by atoms with E-state index in [-0.39, 0.29) is 42.3 Å². The highest BCUT2D eigenvalue weighted by Crippen LogP contribution is 2.32. The number of benzene rings is 2. The molecule has 2 aliphatic rings. The minimum absolute atomic E-state index is 0.0473. The van der Waals surface area contributed by atoms with Crippen LogP contribution in [0.3, 0.4) is 0 Å². The maximum Gasteiger partial charge on any atom is 0.262 e. The summed E-state index contributed by atoms with van der Waals surface area (Å²) in [7, 11) is -3.73. The molecule has 0 aromatic heterocycles. The van der Waals surface area contributed by atoms with Gasteiger partial charge in [0.15, 0.2) is 6.61 Å². The molecule has 4 rings (SSSR count). The van der Waals surface area contributed by atoms with Gasteiger partial charge in [0.1, 0.15) is 5.75 Å². The fourth-order valence-electron chi connectivity index (χ4n) is 3.87. The number of amides is 2. The highest BCUT2D eigenvalue weighted by Gasteiger charge is 2.32. The lowest BCUT2D eigenvalue weighted by atomic mass is 9.97. The number of hydrogen-bond donors (Lipinski definition) is 2. The monoisotopic (exact) mass is 443 g/mol. The third kappa shape index (κ3) is 4.57. The number of carbonyl (C=O) groups is 2. The molecule has 0 spiro atoms. The first kappa shape index (κ1) is 21.3. The van der Waals surface area contributed by atoms with E-state index in [0.29, 0.717) is 30.8 Å². The van der Waals surface area contributed by atoms with Crippen molar-refractivity contribution in [3.63, 3.8) is 0 Å². The van der Waals surface area contributed by atoms with Gasteiger partial charge in [-0.2, -0.15) is 4.31 Å². The van der Waals surface area contributed by atoms with Crippen LogP contribution in [0.5, 0.6) is 5.75 Å². The fraction of sp³-hybridized carbons (Fsp3) is 0.364. The molecule has 164 valence electrons. The molecule has 0 bridgehead atoms. The van der Waals surface area contributed by atoms with E-state index in [1.807, 2.05) is 31.2 Å².